The molecule has 2 aliphatic rings. The molecule has 6 heteroatoms. The number of nitrogens with one attached hydrogen (secondary N) is 1. The zero-order valence-corrected chi connectivity index (χ0v) is 16.8. The molecule has 28 heavy (non-hydrogen) atoms. The van der Waals surface area contributed by atoms with Gasteiger partial charge in [0.15, 0.2) is 11.5 Å². The van der Waals surface area contributed by atoms with Crippen LogP contribution in [0.1, 0.15) is 24.0 Å². The van der Waals surface area contributed by atoms with Gasteiger partial charge in [-0.25, -0.2) is 0 Å². The third kappa shape index (κ3) is 3.37. The number of ether oxygens (including phenoxy) is 3. The number of rotatable bonds is 5. The van der Waals surface area contributed by atoms with Crippen LogP contribution in [0.4, 0.5) is 5.69 Å². The smallest absolute Gasteiger partial charge is 0.253 e. The Morgan fingerprint density at radius 1 is 1.21 bits per heavy atom. The molecular weight excluding hydrogens is 356 g/mol. The Hall–Kier alpha value is -2.47. The van der Waals surface area contributed by atoms with Crippen LogP contribution in [0.15, 0.2) is 23.0 Å². The molecule has 4 rings (SSSR count). The number of hydrogen-bond donors (Lipinski definition) is 1. The van der Waals surface area contributed by atoms with Gasteiger partial charge in [0.2, 0.25) is 0 Å². The van der Waals surface area contributed by atoms with E-state index in [1.54, 1.807) is 20.3 Å². The number of aromatic nitrogens is 1. The van der Waals surface area contributed by atoms with Gasteiger partial charge in [-0.15, -0.1) is 0 Å². The van der Waals surface area contributed by atoms with E-state index in [-0.39, 0.29) is 5.56 Å². The molecule has 0 radical (unpaired) electrons. The topological polar surface area (TPSA) is 61.7 Å². The van der Waals surface area contributed by atoms with Gasteiger partial charge < -0.3 is 24.1 Å². The molecule has 0 bridgehead atoms. The summed E-state index contributed by atoms with van der Waals surface area (Å²) in [6, 6.07) is 5.75. The molecule has 1 aromatic heterocycles. The predicted molar refractivity (Wildman–Crippen MR) is 110 cm³/mol. The van der Waals surface area contributed by atoms with Crippen molar-refractivity contribution in [2.75, 3.05) is 39.3 Å². The van der Waals surface area contributed by atoms with Gasteiger partial charge >= 0.3 is 0 Å². The van der Waals surface area contributed by atoms with Gasteiger partial charge in [0.05, 0.1) is 26.5 Å². The van der Waals surface area contributed by atoms with Crippen molar-refractivity contribution in [3.63, 3.8) is 0 Å². The summed E-state index contributed by atoms with van der Waals surface area (Å²) in [5, 5.41) is 3.51. The first-order valence-electron chi connectivity index (χ1n) is 9.93. The van der Waals surface area contributed by atoms with Crippen molar-refractivity contribution in [3.05, 3.63) is 39.7 Å². The van der Waals surface area contributed by atoms with E-state index in [1.807, 2.05) is 16.7 Å². The zero-order valence-electron chi connectivity index (χ0n) is 16.8. The average Bonchev–Trinajstić information content (AvgIpc) is 2.74. The number of nitrogens with zero attached hydrogens (tertiary/aromatic N) is 1. The van der Waals surface area contributed by atoms with Gasteiger partial charge in [-0.1, -0.05) is 0 Å². The Balaban J connectivity index is 1.73. The third-order valence-corrected chi connectivity index (χ3v) is 5.87. The second kappa shape index (κ2) is 7.87. The number of pyridine rings is 1. The van der Waals surface area contributed by atoms with Gasteiger partial charge in [0, 0.05) is 37.0 Å². The number of benzene rings is 1. The molecule has 2 aliphatic heterocycles. The van der Waals surface area contributed by atoms with Crippen LogP contribution in [0, 0.1) is 12.8 Å². The minimum atomic E-state index is 0.0310. The predicted octanol–water partition coefficient (Wildman–Crippen LogP) is 3.24. The highest BCUT2D eigenvalue weighted by Gasteiger charge is 2.24. The molecule has 0 aliphatic carbocycles. The molecule has 1 fully saturated rings. The van der Waals surface area contributed by atoms with E-state index in [9.17, 15) is 4.79 Å². The van der Waals surface area contributed by atoms with Crippen LogP contribution in [0.25, 0.3) is 11.3 Å². The molecule has 1 atom stereocenters. The van der Waals surface area contributed by atoms with Crippen molar-refractivity contribution in [2.45, 2.75) is 32.7 Å². The largest absolute Gasteiger partial charge is 0.493 e. The van der Waals surface area contributed by atoms with Gasteiger partial charge in [0.25, 0.3) is 5.56 Å². The normalized spacial score (nSPS) is 18.2. The maximum absolute atomic E-state index is 12.8. The molecule has 1 saturated heterocycles. The van der Waals surface area contributed by atoms with Crippen LogP contribution in [-0.4, -0.2) is 38.5 Å². The molecule has 6 nitrogen and oxygen atoms in total. The van der Waals surface area contributed by atoms with Gasteiger partial charge in [0.1, 0.15) is 0 Å². The summed E-state index contributed by atoms with van der Waals surface area (Å²) in [6.45, 7) is 5.22. The van der Waals surface area contributed by atoms with Crippen LogP contribution in [0.2, 0.25) is 0 Å². The second-order valence-electron chi connectivity index (χ2n) is 7.60. The third-order valence-electron chi connectivity index (χ3n) is 5.87. The Bertz CT molecular complexity index is 929. The second-order valence-corrected chi connectivity index (χ2v) is 7.60. The average molecular weight is 384 g/mol. The van der Waals surface area contributed by atoms with Crippen molar-refractivity contribution >= 4 is 5.69 Å². The fraction of sp³-hybridized carbons (Fsp3) is 0.500. The fourth-order valence-corrected chi connectivity index (χ4v) is 4.31. The molecule has 1 unspecified atom stereocenters. The van der Waals surface area contributed by atoms with Crippen LogP contribution < -0.4 is 20.3 Å². The molecule has 150 valence electrons. The van der Waals surface area contributed by atoms with Crippen molar-refractivity contribution in [1.82, 2.24) is 4.57 Å². The Morgan fingerprint density at radius 3 is 2.71 bits per heavy atom. The summed E-state index contributed by atoms with van der Waals surface area (Å²) >= 11 is 0. The van der Waals surface area contributed by atoms with Gasteiger partial charge in [-0.3, -0.25) is 4.79 Å². The molecule has 0 spiro atoms. The van der Waals surface area contributed by atoms with Crippen LogP contribution in [0.3, 0.4) is 0 Å². The first-order valence-corrected chi connectivity index (χ1v) is 9.93. The van der Waals surface area contributed by atoms with E-state index >= 15 is 0 Å². The highest BCUT2D eigenvalue weighted by atomic mass is 16.5. The highest BCUT2D eigenvalue weighted by Crippen LogP contribution is 2.40. The number of fused-ring (bicyclic) bond motifs is 3. The summed E-state index contributed by atoms with van der Waals surface area (Å²) in [6.07, 6.45) is 3.07. The van der Waals surface area contributed by atoms with E-state index in [1.165, 1.54) is 5.56 Å². The molecule has 0 amide bonds. The standard InChI is InChI=1S/C22H28N2O4/c1-14-18(23-12-15-5-4-8-28-13-15)11-21(25)24-7-6-16-9-19(26-2)20(27-3)10-17(16)22(14)24/h9-11,15,23H,4-8,12-13H2,1-3H3. The van der Waals surface area contributed by atoms with E-state index in [0.29, 0.717) is 18.2 Å². The SMILES string of the molecule is COc1cc2c(cc1OC)-c1c(C)c(NCC3CCCOC3)cc(=O)n1CC2. The Morgan fingerprint density at radius 2 is 2.00 bits per heavy atom. The van der Waals surface area contributed by atoms with Crippen LogP contribution >= 0.6 is 0 Å². The maximum atomic E-state index is 12.8. The summed E-state index contributed by atoms with van der Waals surface area (Å²) in [5.74, 6) is 1.89. The first-order chi connectivity index (χ1) is 13.6. The summed E-state index contributed by atoms with van der Waals surface area (Å²) in [5.41, 5.74) is 5.22. The van der Waals surface area contributed by atoms with Gasteiger partial charge in [-0.2, -0.15) is 0 Å². The lowest BCUT2D eigenvalue weighted by Gasteiger charge is -2.27. The maximum Gasteiger partial charge on any atom is 0.253 e. The van der Waals surface area contributed by atoms with Crippen LogP contribution in [-0.2, 0) is 17.7 Å². The minimum Gasteiger partial charge on any atom is -0.493 e. The Kier molecular flexibility index (Phi) is 5.31. The lowest BCUT2D eigenvalue weighted by Crippen LogP contribution is -2.29. The summed E-state index contributed by atoms with van der Waals surface area (Å²) in [7, 11) is 3.28. The summed E-state index contributed by atoms with van der Waals surface area (Å²) in [4.78, 5) is 12.8. The van der Waals surface area contributed by atoms with E-state index in [0.717, 1.165) is 67.3 Å². The Labute approximate surface area is 165 Å². The molecule has 3 heterocycles. The number of hydrogen-bond acceptors (Lipinski definition) is 5. The number of anilines is 1. The van der Waals surface area contributed by atoms with Crippen molar-refractivity contribution < 1.29 is 14.2 Å². The summed E-state index contributed by atoms with van der Waals surface area (Å²) < 4.78 is 18.4. The lowest BCUT2D eigenvalue weighted by molar-refractivity contribution is 0.0595. The van der Waals surface area contributed by atoms with Gasteiger partial charge in [-0.05, 0) is 55.4 Å². The van der Waals surface area contributed by atoms with Crippen molar-refractivity contribution in [1.29, 1.82) is 0 Å². The van der Waals surface area contributed by atoms with E-state index in [4.69, 9.17) is 14.2 Å². The monoisotopic (exact) mass is 384 g/mol. The molecule has 1 aromatic carbocycles. The highest BCUT2D eigenvalue weighted by molar-refractivity contribution is 5.76. The first kappa shape index (κ1) is 18.9. The fourth-order valence-electron chi connectivity index (χ4n) is 4.31. The molecule has 1 N–H and O–H groups in total. The van der Waals surface area contributed by atoms with Crippen LogP contribution in [0.5, 0.6) is 11.5 Å². The minimum absolute atomic E-state index is 0.0310. The molecule has 0 saturated carbocycles. The lowest BCUT2D eigenvalue weighted by atomic mass is 9.93. The van der Waals surface area contributed by atoms with Crippen molar-refractivity contribution in [3.8, 4) is 22.8 Å². The number of aryl methyl sites for hydroxylation is 1. The molecular formula is C22H28N2O4. The van der Waals surface area contributed by atoms with E-state index < -0.39 is 0 Å². The number of methoxy groups -OCH3 is 2. The van der Waals surface area contributed by atoms with Crippen molar-refractivity contribution in [2.24, 2.45) is 5.92 Å². The van der Waals surface area contributed by atoms with E-state index in [2.05, 4.69) is 12.2 Å². The quantitative estimate of drug-likeness (QED) is 0.858. The molecule has 2 aromatic rings. The zero-order chi connectivity index (χ0) is 19.7.